The third-order valence-corrected chi connectivity index (χ3v) is 10.8. The van der Waals surface area contributed by atoms with Gasteiger partial charge < -0.3 is 10.2 Å². The van der Waals surface area contributed by atoms with Gasteiger partial charge in [0, 0.05) is 19.0 Å². The molecule has 1 N–H and O–H groups in total. The van der Waals surface area contributed by atoms with Crippen molar-refractivity contribution in [2.24, 2.45) is 0 Å². The van der Waals surface area contributed by atoms with Crippen molar-refractivity contribution in [2.45, 2.75) is 62.6 Å². The maximum absolute atomic E-state index is 14.6. The van der Waals surface area contributed by atoms with Crippen molar-refractivity contribution in [1.29, 1.82) is 0 Å². The zero-order valence-corrected chi connectivity index (χ0v) is 27.9. The predicted octanol–water partition coefficient (Wildman–Crippen LogP) is 7.20. The Balaban J connectivity index is 1.58. The van der Waals surface area contributed by atoms with E-state index in [9.17, 15) is 18.0 Å². The lowest BCUT2D eigenvalue weighted by Crippen LogP contribution is -2.54. The number of benzene rings is 4. The number of aryl methyl sites for hydroxylation is 1. The molecule has 1 fully saturated rings. The zero-order valence-electron chi connectivity index (χ0n) is 25.6. The summed E-state index contributed by atoms with van der Waals surface area (Å²) in [6.45, 7) is 1.29. The molecule has 0 radical (unpaired) electrons. The van der Waals surface area contributed by atoms with E-state index in [0.29, 0.717) is 26.9 Å². The van der Waals surface area contributed by atoms with Gasteiger partial charge in [0.2, 0.25) is 11.8 Å². The molecule has 7 nitrogen and oxygen atoms in total. The summed E-state index contributed by atoms with van der Waals surface area (Å²) in [7, 11) is -4.17. The van der Waals surface area contributed by atoms with Crippen LogP contribution in [0.5, 0.6) is 0 Å². The van der Waals surface area contributed by atoms with E-state index < -0.39 is 28.5 Å². The molecule has 5 rings (SSSR count). The molecule has 0 bridgehead atoms. The fourth-order valence-electron chi connectivity index (χ4n) is 5.83. The van der Waals surface area contributed by atoms with Crippen LogP contribution in [0.3, 0.4) is 0 Å². The Morgan fingerprint density at radius 1 is 0.826 bits per heavy atom. The molecule has 1 saturated carbocycles. The average molecular weight is 679 g/mol. The van der Waals surface area contributed by atoms with Crippen LogP contribution in [-0.4, -0.2) is 43.8 Å². The molecule has 0 aromatic heterocycles. The highest BCUT2D eigenvalue weighted by molar-refractivity contribution is 7.92. The number of halogens is 2. The summed E-state index contributed by atoms with van der Waals surface area (Å²) >= 11 is 12.6. The summed E-state index contributed by atoms with van der Waals surface area (Å²) < 4.78 is 29.4. The van der Waals surface area contributed by atoms with Crippen molar-refractivity contribution in [3.63, 3.8) is 0 Å². The second-order valence-electron chi connectivity index (χ2n) is 11.6. The second-order valence-corrected chi connectivity index (χ2v) is 14.3. The Morgan fingerprint density at radius 3 is 2.11 bits per heavy atom. The molecule has 10 heteroatoms. The normalized spacial score (nSPS) is 14.1. The molecule has 0 aliphatic heterocycles. The fourth-order valence-corrected chi connectivity index (χ4v) is 7.65. The quantitative estimate of drug-likeness (QED) is 0.172. The van der Waals surface area contributed by atoms with E-state index in [-0.39, 0.29) is 29.8 Å². The maximum atomic E-state index is 14.6. The molecule has 1 aliphatic carbocycles. The maximum Gasteiger partial charge on any atom is 0.264 e. The molecule has 1 atom stereocenters. The van der Waals surface area contributed by atoms with Gasteiger partial charge in [-0.15, -0.1) is 0 Å². The van der Waals surface area contributed by atoms with Gasteiger partial charge >= 0.3 is 0 Å². The van der Waals surface area contributed by atoms with Crippen molar-refractivity contribution >= 4 is 50.7 Å². The number of sulfonamides is 1. The van der Waals surface area contributed by atoms with Crippen LogP contribution in [0, 0.1) is 6.92 Å². The van der Waals surface area contributed by atoms with E-state index in [1.807, 2.05) is 36.4 Å². The number of rotatable bonds is 12. The van der Waals surface area contributed by atoms with Crippen LogP contribution in [-0.2, 0) is 32.6 Å². The molecule has 1 aliphatic rings. The average Bonchev–Trinajstić information content (AvgIpc) is 3.57. The van der Waals surface area contributed by atoms with Crippen molar-refractivity contribution in [3.8, 4) is 0 Å². The minimum atomic E-state index is -4.17. The highest BCUT2D eigenvalue weighted by Gasteiger charge is 2.36. The van der Waals surface area contributed by atoms with Gasteiger partial charge in [0.1, 0.15) is 12.6 Å². The first-order chi connectivity index (χ1) is 22.1. The lowest BCUT2D eigenvalue weighted by atomic mass is 10.0. The van der Waals surface area contributed by atoms with E-state index in [0.717, 1.165) is 35.6 Å². The number of nitrogens with one attached hydrogen (secondary N) is 1. The standard InChI is InChI=1S/C36H37Cl2N3O4S/c1-26-12-8-11-19-33(26)41(46(44,45)30-17-6-3-7-18-30)25-35(42)40(24-28-20-21-31(37)32(38)22-28)34(23-27-13-4-2-5-14-27)36(43)39-29-15-9-10-16-29/h2-8,11-14,17-22,29,34H,9-10,15-16,23-25H2,1H3,(H,39,43). The number of anilines is 1. The van der Waals surface area contributed by atoms with Crippen LogP contribution >= 0.6 is 23.2 Å². The second kappa shape index (κ2) is 15.2. The van der Waals surface area contributed by atoms with Gasteiger partial charge in [-0.1, -0.05) is 109 Å². The van der Waals surface area contributed by atoms with Gasteiger partial charge in [0.05, 0.1) is 20.6 Å². The Labute approximate surface area is 281 Å². The van der Waals surface area contributed by atoms with Crippen LogP contribution in [0.1, 0.15) is 42.4 Å². The van der Waals surface area contributed by atoms with Crippen LogP contribution in [0.2, 0.25) is 10.0 Å². The Hall–Kier alpha value is -3.85. The Kier molecular flexibility index (Phi) is 11.0. The molecular formula is C36H37Cl2N3O4S. The number of hydrogen-bond donors (Lipinski definition) is 1. The fraction of sp³-hybridized carbons (Fsp3) is 0.278. The predicted molar refractivity (Wildman–Crippen MR) is 183 cm³/mol. The summed E-state index contributed by atoms with van der Waals surface area (Å²) in [4.78, 5) is 30.3. The monoisotopic (exact) mass is 677 g/mol. The molecule has 2 amide bonds. The minimum Gasteiger partial charge on any atom is -0.352 e. The number of nitrogens with zero attached hydrogens (tertiary/aromatic N) is 2. The van der Waals surface area contributed by atoms with Gasteiger partial charge in [-0.3, -0.25) is 13.9 Å². The smallest absolute Gasteiger partial charge is 0.264 e. The number of hydrogen-bond acceptors (Lipinski definition) is 4. The molecule has 4 aromatic carbocycles. The van der Waals surface area contributed by atoms with Crippen LogP contribution in [0.4, 0.5) is 5.69 Å². The van der Waals surface area contributed by atoms with Crippen molar-refractivity contribution < 1.29 is 18.0 Å². The van der Waals surface area contributed by atoms with E-state index >= 15 is 0 Å². The lowest BCUT2D eigenvalue weighted by Gasteiger charge is -2.34. The molecular weight excluding hydrogens is 641 g/mol. The van der Waals surface area contributed by atoms with E-state index in [1.165, 1.54) is 17.0 Å². The Bertz CT molecular complexity index is 1760. The number of carbonyl (C=O) groups is 2. The largest absolute Gasteiger partial charge is 0.352 e. The highest BCUT2D eigenvalue weighted by atomic mass is 35.5. The van der Waals surface area contributed by atoms with E-state index in [2.05, 4.69) is 5.32 Å². The first-order valence-corrected chi connectivity index (χ1v) is 17.5. The molecule has 46 heavy (non-hydrogen) atoms. The van der Waals surface area contributed by atoms with E-state index in [1.54, 1.807) is 61.5 Å². The minimum absolute atomic E-state index is 0.0122. The third kappa shape index (κ3) is 8.10. The van der Waals surface area contributed by atoms with Crippen molar-refractivity contribution in [3.05, 3.63) is 130 Å². The molecule has 0 heterocycles. The van der Waals surface area contributed by atoms with Crippen LogP contribution in [0.25, 0.3) is 0 Å². The van der Waals surface area contributed by atoms with Gasteiger partial charge in [0.25, 0.3) is 10.0 Å². The summed E-state index contributed by atoms with van der Waals surface area (Å²) in [6, 6.07) is 28.7. The first-order valence-electron chi connectivity index (χ1n) is 15.3. The third-order valence-electron chi connectivity index (χ3n) is 8.30. The molecule has 0 spiro atoms. The van der Waals surface area contributed by atoms with Crippen LogP contribution < -0.4 is 9.62 Å². The summed E-state index contributed by atoms with van der Waals surface area (Å²) in [5.74, 6) is -0.811. The zero-order chi connectivity index (χ0) is 32.7. The van der Waals surface area contributed by atoms with Crippen molar-refractivity contribution in [1.82, 2.24) is 10.2 Å². The summed E-state index contributed by atoms with van der Waals surface area (Å²) in [5.41, 5.74) is 2.59. The van der Waals surface area contributed by atoms with Gasteiger partial charge in [-0.2, -0.15) is 0 Å². The molecule has 0 saturated heterocycles. The van der Waals surface area contributed by atoms with Gasteiger partial charge in [-0.05, 0) is 66.8 Å². The van der Waals surface area contributed by atoms with E-state index in [4.69, 9.17) is 23.2 Å². The SMILES string of the molecule is Cc1ccccc1N(CC(=O)N(Cc1ccc(Cl)c(Cl)c1)C(Cc1ccccc1)C(=O)NC1CCCC1)S(=O)(=O)c1ccccc1. The lowest BCUT2D eigenvalue weighted by molar-refractivity contribution is -0.140. The summed E-state index contributed by atoms with van der Waals surface area (Å²) in [5, 5.41) is 3.86. The summed E-state index contributed by atoms with van der Waals surface area (Å²) in [6.07, 6.45) is 4.05. The topological polar surface area (TPSA) is 86.8 Å². The van der Waals surface area contributed by atoms with Crippen molar-refractivity contribution in [2.75, 3.05) is 10.8 Å². The number of amides is 2. The van der Waals surface area contributed by atoms with Gasteiger partial charge in [0.15, 0.2) is 0 Å². The molecule has 4 aromatic rings. The Morgan fingerprint density at radius 2 is 1.46 bits per heavy atom. The molecule has 1 unspecified atom stereocenters. The number of carbonyl (C=O) groups excluding carboxylic acids is 2. The number of para-hydroxylation sites is 1. The molecule has 240 valence electrons. The highest BCUT2D eigenvalue weighted by Crippen LogP contribution is 2.29. The first kappa shape index (κ1) is 33.5. The van der Waals surface area contributed by atoms with Crippen LogP contribution in [0.15, 0.2) is 108 Å². The van der Waals surface area contributed by atoms with Gasteiger partial charge in [-0.25, -0.2) is 8.42 Å².